The van der Waals surface area contributed by atoms with Crippen LogP contribution in [-0.2, 0) is 5.41 Å². The Morgan fingerprint density at radius 1 is 1.22 bits per heavy atom. The number of nitrogens with zero attached hydrogens (tertiary/aromatic N) is 3. The third-order valence-corrected chi connectivity index (χ3v) is 6.43. The van der Waals surface area contributed by atoms with E-state index in [1.54, 1.807) is 24.1 Å². The van der Waals surface area contributed by atoms with Gasteiger partial charge in [-0.05, 0) is 56.3 Å². The van der Waals surface area contributed by atoms with E-state index >= 15 is 0 Å². The molecule has 0 spiro atoms. The predicted octanol–water partition coefficient (Wildman–Crippen LogP) is 3.60. The van der Waals surface area contributed by atoms with Crippen molar-refractivity contribution >= 4 is 17.7 Å². The molecule has 32 heavy (non-hydrogen) atoms. The number of aromatic carboxylic acids is 1. The van der Waals surface area contributed by atoms with Crippen molar-refractivity contribution in [2.45, 2.75) is 31.8 Å². The van der Waals surface area contributed by atoms with E-state index in [1.165, 1.54) is 23.4 Å². The van der Waals surface area contributed by atoms with Crippen molar-refractivity contribution in [3.05, 3.63) is 53.6 Å². The van der Waals surface area contributed by atoms with E-state index in [2.05, 4.69) is 36.9 Å². The number of phenols is 1. The van der Waals surface area contributed by atoms with Gasteiger partial charge in [0.2, 0.25) is 0 Å². The highest BCUT2D eigenvalue weighted by atomic mass is 16.6. The van der Waals surface area contributed by atoms with Crippen molar-refractivity contribution in [1.29, 1.82) is 0 Å². The maximum absolute atomic E-state index is 12.0. The Hall–Kier alpha value is -3.26. The minimum absolute atomic E-state index is 0.0671. The number of likely N-dealkylation sites (N-methyl/N-ethyl adjacent to an activating group) is 2. The van der Waals surface area contributed by atoms with Gasteiger partial charge in [-0.3, -0.25) is 4.90 Å². The molecule has 2 aromatic rings. The maximum Gasteiger partial charge on any atom is 0.414 e. The van der Waals surface area contributed by atoms with Crippen LogP contribution in [0.4, 0.5) is 10.5 Å². The molecular formula is C24H31N3O5. The second kappa shape index (κ2) is 9.08. The molecule has 0 aliphatic carbocycles. The number of aromatic hydroxyl groups is 1. The van der Waals surface area contributed by atoms with E-state index in [4.69, 9.17) is 14.9 Å². The molecule has 2 aliphatic rings. The summed E-state index contributed by atoms with van der Waals surface area (Å²) in [6, 6.07) is 11.8. The monoisotopic (exact) mass is 441 g/mol. The molecule has 0 radical (unpaired) electrons. The number of para-hydroxylation sites is 1. The lowest BCUT2D eigenvalue weighted by Crippen LogP contribution is -2.45. The van der Waals surface area contributed by atoms with Crippen molar-refractivity contribution in [2.24, 2.45) is 0 Å². The van der Waals surface area contributed by atoms with Gasteiger partial charge in [-0.1, -0.05) is 19.1 Å². The van der Waals surface area contributed by atoms with E-state index in [1.807, 2.05) is 19.1 Å². The van der Waals surface area contributed by atoms with Gasteiger partial charge in [-0.15, -0.1) is 0 Å². The molecule has 172 valence electrons. The first-order valence-electron chi connectivity index (χ1n) is 10.6. The van der Waals surface area contributed by atoms with E-state index in [9.17, 15) is 9.59 Å². The van der Waals surface area contributed by atoms with Crippen molar-refractivity contribution in [2.75, 3.05) is 39.1 Å². The predicted molar refractivity (Wildman–Crippen MR) is 123 cm³/mol. The minimum atomic E-state index is -1.11. The summed E-state index contributed by atoms with van der Waals surface area (Å²) in [5.41, 5.74) is 2.55. The van der Waals surface area contributed by atoms with Crippen LogP contribution >= 0.6 is 0 Å². The number of carbonyl (C=O) groups excluding carboxylic acids is 1. The molecule has 8 nitrogen and oxygen atoms in total. The van der Waals surface area contributed by atoms with Gasteiger partial charge < -0.3 is 24.7 Å². The van der Waals surface area contributed by atoms with Crippen molar-refractivity contribution in [3.8, 4) is 11.5 Å². The largest absolute Gasteiger partial charge is 0.507 e. The summed E-state index contributed by atoms with van der Waals surface area (Å²) in [7, 11) is 6.06. The van der Waals surface area contributed by atoms with E-state index in [0.29, 0.717) is 18.5 Å². The fourth-order valence-corrected chi connectivity index (χ4v) is 4.58. The van der Waals surface area contributed by atoms with E-state index in [-0.39, 0.29) is 22.8 Å². The number of rotatable bonds is 3. The molecule has 4 rings (SSSR count). The van der Waals surface area contributed by atoms with Crippen LogP contribution in [0.15, 0.2) is 42.5 Å². The van der Waals surface area contributed by atoms with Crippen LogP contribution in [0.3, 0.4) is 0 Å². The molecule has 1 amide bonds. The molecular weight excluding hydrogens is 410 g/mol. The number of carboxylic acids is 1. The number of carbonyl (C=O) groups is 2. The zero-order chi connectivity index (χ0) is 23.6. The lowest BCUT2D eigenvalue weighted by Gasteiger charge is -2.32. The summed E-state index contributed by atoms with van der Waals surface area (Å²) in [5.74, 6) is -0.679. The fourth-order valence-electron chi connectivity index (χ4n) is 4.58. The number of amides is 1. The first kappa shape index (κ1) is 23.4. The van der Waals surface area contributed by atoms with Gasteiger partial charge in [0.05, 0.1) is 6.17 Å². The Kier molecular flexibility index (Phi) is 6.64. The number of benzene rings is 2. The Morgan fingerprint density at radius 3 is 2.50 bits per heavy atom. The summed E-state index contributed by atoms with van der Waals surface area (Å²) < 4.78 is 5.50. The average molecular weight is 442 g/mol. The fraction of sp³-hybridized carbons (Fsp3) is 0.417. The molecule has 0 bridgehead atoms. The van der Waals surface area contributed by atoms with Crippen LogP contribution in [0.2, 0.25) is 0 Å². The van der Waals surface area contributed by atoms with E-state index < -0.39 is 5.97 Å². The molecule has 2 unspecified atom stereocenters. The van der Waals surface area contributed by atoms with Crippen molar-refractivity contribution in [3.63, 3.8) is 0 Å². The normalized spacial score (nSPS) is 21.3. The van der Waals surface area contributed by atoms with Crippen LogP contribution in [-0.4, -0.2) is 72.5 Å². The minimum Gasteiger partial charge on any atom is -0.507 e. The Labute approximate surface area is 188 Å². The molecule has 2 atom stereocenters. The average Bonchev–Trinajstić information content (AvgIpc) is 3.19. The standard InChI is InChI=1S/C17H25N3O2.C7H6O3/c1-6-18(3)16(21)22-12-7-8-14-13(11-12)17(2)9-10-19(4)15(17)20(14)5;8-6-4-2-1-3-5(6)7(9)10/h7-8,11,15H,6,9-10H2,1-5H3;1-4,8H,(H,9,10). The van der Waals surface area contributed by atoms with Gasteiger partial charge >= 0.3 is 12.1 Å². The molecule has 2 aromatic carbocycles. The summed E-state index contributed by atoms with van der Waals surface area (Å²) in [6.07, 6.45) is 1.20. The zero-order valence-corrected chi connectivity index (χ0v) is 19.2. The number of likely N-dealkylation sites (tertiary alicyclic amines) is 1. The summed E-state index contributed by atoms with van der Waals surface area (Å²) in [5, 5.41) is 17.3. The Morgan fingerprint density at radius 2 is 1.91 bits per heavy atom. The number of hydrogen-bond donors (Lipinski definition) is 2. The number of hydrogen-bond acceptors (Lipinski definition) is 6. The number of carboxylic acid groups (broad SMARTS) is 1. The molecule has 0 aromatic heterocycles. The lowest BCUT2D eigenvalue weighted by molar-refractivity contribution is 0.0693. The van der Waals surface area contributed by atoms with Gasteiger partial charge in [0.25, 0.3) is 0 Å². The molecule has 2 heterocycles. The van der Waals surface area contributed by atoms with Crippen molar-refractivity contribution in [1.82, 2.24) is 9.80 Å². The highest BCUT2D eigenvalue weighted by molar-refractivity contribution is 5.90. The van der Waals surface area contributed by atoms with Crippen LogP contribution in [0.5, 0.6) is 11.5 Å². The third-order valence-electron chi connectivity index (χ3n) is 6.43. The first-order chi connectivity index (χ1) is 15.1. The summed E-state index contributed by atoms with van der Waals surface area (Å²) in [6.45, 7) is 5.97. The van der Waals surface area contributed by atoms with Crippen LogP contribution in [0, 0.1) is 0 Å². The third kappa shape index (κ3) is 4.23. The van der Waals surface area contributed by atoms with Crippen LogP contribution < -0.4 is 9.64 Å². The van der Waals surface area contributed by atoms with Crippen LogP contribution in [0.25, 0.3) is 0 Å². The Bertz CT molecular complexity index is 1010. The van der Waals surface area contributed by atoms with Gasteiger partial charge in [-0.25, -0.2) is 9.59 Å². The molecule has 8 heteroatoms. The smallest absolute Gasteiger partial charge is 0.414 e. The molecule has 2 N–H and O–H groups in total. The molecule has 1 saturated heterocycles. The highest BCUT2D eigenvalue weighted by Gasteiger charge is 2.52. The first-order valence-corrected chi connectivity index (χ1v) is 10.6. The highest BCUT2D eigenvalue weighted by Crippen LogP contribution is 2.51. The van der Waals surface area contributed by atoms with Gasteiger partial charge in [0.15, 0.2) is 0 Å². The number of fused-ring (bicyclic) bond motifs is 3. The van der Waals surface area contributed by atoms with E-state index in [0.717, 1.165) is 13.0 Å². The topological polar surface area (TPSA) is 93.6 Å². The van der Waals surface area contributed by atoms with Gasteiger partial charge in [-0.2, -0.15) is 0 Å². The van der Waals surface area contributed by atoms with Crippen LogP contribution in [0.1, 0.15) is 36.2 Å². The zero-order valence-electron chi connectivity index (χ0n) is 19.2. The molecule has 0 saturated carbocycles. The quantitative estimate of drug-likeness (QED) is 0.752. The number of anilines is 1. The molecule has 2 aliphatic heterocycles. The number of ether oxygens (including phenoxy) is 1. The summed E-state index contributed by atoms with van der Waals surface area (Å²) >= 11 is 0. The van der Waals surface area contributed by atoms with Gasteiger partial charge in [0, 0.05) is 38.3 Å². The SMILES string of the molecule is CCN(C)C(=O)Oc1ccc2c(c1)C1(C)CCN(C)C1N2C.O=C(O)c1ccccc1O. The second-order valence-electron chi connectivity index (χ2n) is 8.52. The Balaban J connectivity index is 0.000000243. The van der Waals surface area contributed by atoms with Gasteiger partial charge in [0.1, 0.15) is 17.1 Å². The van der Waals surface area contributed by atoms with Crippen molar-refractivity contribution < 1.29 is 24.5 Å². The summed E-state index contributed by atoms with van der Waals surface area (Å²) in [4.78, 5) is 28.5. The second-order valence-corrected chi connectivity index (χ2v) is 8.52. The molecule has 1 fully saturated rings. The maximum atomic E-state index is 12.0. The lowest BCUT2D eigenvalue weighted by atomic mass is 9.81.